The molecule has 1 aromatic heterocycles. The van der Waals surface area contributed by atoms with Crippen molar-refractivity contribution in [2.45, 2.75) is 6.92 Å². The Morgan fingerprint density at radius 3 is 2.71 bits per heavy atom. The number of rotatable bonds is 7. The van der Waals surface area contributed by atoms with Gasteiger partial charge in [-0.25, -0.2) is 9.59 Å². The number of methoxy groups -OCH3 is 1. The standard InChI is InChI=1S/C14H14BrN3O6/c1-3-23-14(21)12-11(16-18-17-12)8-4-7(15)5-9(22-2)13(8)24-6-10(19)20/h4-5H,3,6H2,1-2H3,(H,19,20)(H,16,17,18). The molecule has 0 bridgehead atoms. The lowest BCUT2D eigenvalue weighted by Crippen LogP contribution is -2.11. The number of hydrogen-bond acceptors (Lipinski definition) is 7. The summed E-state index contributed by atoms with van der Waals surface area (Å²) < 4.78 is 16.1. The van der Waals surface area contributed by atoms with Gasteiger partial charge in [-0.05, 0) is 19.1 Å². The molecule has 1 heterocycles. The zero-order chi connectivity index (χ0) is 17.7. The minimum atomic E-state index is -1.16. The normalized spacial score (nSPS) is 10.3. The fraction of sp³-hybridized carbons (Fsp3) is 0.286. The third-order valence-electron chi connectivity index (χ3n) is 2.85. The lowest BCUT2D eigenvalue weighted by atomic mass is 10.1. The van der Waals surface area contributed by atoms with Crippen molar-refractivity contribution in [1.82, 2.24) is 15.4 Å². The van der Waals surface area contributed by atoms with Gasteiger partial charge in [-0.1, -0.05) is 15.9 Å². The van der Waals surface area contributed by atoms with Gasteiger partial charge in [-0.2, -0.15) is 10.3 Å². The van der Waals surface area contributed by atoms with Gasteiger partial charge in [0.2, 0.25) is 0 Å². The fourth-order valence-corrected chi connectivity index (χ4v) is 2.38. The Labute approximate surface area is 145 Å². The summed E-state index contributed by atoms with van der Waals surface area (Å²) in [5, 5.41) is 18.9. The van der Waals surface area contributed by atoms with E-state index in [2.05, 4.69) is 31.3 Å². The van der Waals surface area contributed by atoms with E-state index in [1.54, 1.807) is 19.1 Å². The molecule has 2 rings (SSSR count). The monoisotopic (exact) mass is 399 g/mol. The van der Waals surface area contributed by atoms with Crippen molar-refractivity contribution in [2.24, 2.45) is 0 Å². The topological polar surface area (TPSA) is 124 Å². The predicted molar refractivity (Wildman–Crippen MR) is 85.2 cm³/mol. The maximum absolute atomic E-state index is 12.0. The van der Waals surface area contributed by atoms with E-state index in [1.165, 1.54) is 7.11 Å². The third-order valence-corrected chi connectivity index (χ3v) is 3.31. The van der Waals surface area contributed by atoms with Crippen LogP contribution in [0, 0.1) is 0 Å². The Kier molecular flexibility index (Phi) is 5.74. The first-order chi connectivity index (χ1) is 11.5. The van der Waals surface area contributed by atoms with E-state index in [0.29, 0.717) is 10.0 Å². The van der Waals surface area contributed by atoms with Gasteiger partial charge in [-0.15, -0.1) is 5.10 Å². The van der Waals surface area contributed by atoms with Gasteiger partial charge in [0.1, 0.15) is 5.69 Å². The number of carbonyl (C=O) groups excluding carboxylic acids is 1. The average Bonchev–Trinajstić information content (AvgIpc) is 3.02. The Bertz CT molecular complexity index is 761. The van der Waals surface area contributed by atoms with Gasteiger partial charge in [-0.3, -0.25) is 0 Å². The molecule has 9 nitrogen and oxygen atoms in total. The molecule has 10 heteroatoms. The highest BCUT2D eigenvalue weighted by atomic mass is 79.9. The van der Waals surface area contributed by atoms with E-state index in [0.717, 1.165) is 0 Å². The molecule has 0 saturated carbocycles. The van der Waals surface area contributed by atoms with Crippen molar-refractivity contribution in [2.75, 3.05) is 20.3 Å². The summed E-state index contributed by atoms with van der Waals surface area (Å²) in [5.74, 6) is -1.41. The van der Waals surface area contributed by atoms with Gasteiger partial charge in [0.25, 0.3) is 0 Å². The van der Waals surface area contributed by atoms with Crippen LogP contribution in [0.2, 0.25) is 0 Å². The number of H-pyrrole nitrogens is 1. The van der Waals surface area contributed by atoms with Crippen LogP contribution in [0.4, 0.5) is 0 Å². The summed E-state index contributed by atoms with van der Waals surface area (Å²) in [5.41, 5.74) is 0.449. The molecule has 0 atom stereocenters. The lowest BCUT2D eigenvalue weighted by Gasteiger charge is -2.14. The number of aromatic amines is 1. The molecule has 0 saturated heterocycles. The molecular weight excluding hydrogens is 386 g/mol. The second-order valence-electron chi connectivity index (χ2n) is 4.41. The largest absolute Gasteiger partial charge is 0.493 e. The first-order valence-corrected chi connectivity index (χ1v) is 7.57. The first kappa shape index (κ1) is 17.7. The van der Waals surface area contributed by atoms with Gasteiger partial charge in [0.05, 0.1) is 19.3 Å². The van der Waals surface area contributed by atoms with Crippen LogP contribution in [0.1, 0.15) is 17.4 Å². The maximum atomic E-state index is 12.0. The molecule has 0 aliphatic carbocycles. The van der Waals surface area contributed by atoms with Crippen molar-refractivity contribution >= 4 is 27.9 Å². The molecule has 1 aromatic carbocycles. The highest BCUT2D eigenvalue weighted by Crippen LogP contribution is 2.41. The van der Waals surface area contributed by atoms with E-state index in [1.807, 2.05) is 0 Å². The van der Waals surface area contributed by atoms with Crippen LogP contribution in [0.3, 0.4) is 0 Å². The summed E-state index contributed by atoms with van der Waals surface area (Å²) in [6.07, 6.45) is 0. The van der Waals surface area contributed by atoms with Gasteiger partial charge in [0.15, 0.2) is 23.8 Å². The van der Waals surface area contributed by atoms with Crippen molar-refractivity contribution < 1.29 is 28.9 Å². The fourth-order valence-electron chi connectivity index (χ4n) is 1.94. The smallest absolute Gasteiger partial charge is 0.361 e. The number of aliphatic carboxylic acids is 1. The molecule has 0 radical (unpaired) electrons. The van der Waals surface area contributed by atoms with Crippen LogP contribution >= 0.6 is 15.9 Å². The predicted octanol–water partition coefficient (Wildman–Crippen LogP) is 1.88. The highest BCUT2D eigenvalue weighted by Gasteiger charge is 2.25. The minimum Gasteiger partial charge on any atom is -0.493 e. The average molecular weight is 400 g/mol. The highest BCUT2D eigenvalue weighted by molar-refractivity contribution is 9.10. The molecule has 24 heavy (non-hydrogen) atoms. The third kappa shape index (κ3) is 3.82. The number of nitrogens with zero attached hydrogens (tertiary/aromatic N) is 2. The number of nitrogens with one attached hydrogen (secondary N) is 1. The molecule has 0 fully saturated rings. The van der Waals surface area contributed by atoms with Crippen molar-refractivity contribution in [3.63, 3.8) is 0 Å². The number of benzene rings is 1. The number of carboxylic acid groups (broad SMARTS) is 1. The van der Waals surface area contributed by atoms with Gasteiger partial charge < -0.3 is 19.3 Å². The second kappa shape index (κ2) is 7.77. The summed E-state index contributed by atoms with van der Waals surface area (Å²) >= 11 is 3.32. The zero-order valence-corrected chi connectivity index (χ0v) is 14.4. The van der Waals surface area contributed by atoms with Crippen molar-refractivity contribution in [3.05, 3.63) is 22.3 Å². The Morgan fingerprint density at radius 2 is 2.08 bits per heavy atom. The molecule has 2 N–H and O–H groups in total. The molecule has 128 valence electrons. The second-order valence-corrected chi connectivity index (χ2v) is 5.32. The van der Waals surface area contributed by atoms with Crippen LogP contribution in [0.5, 0.6) is 11.5 Å². The lowest BCUT2D eigenvalue weighted by molar-refractivity contribution is -0.139. The summed E-state index contributed by atoms with van der Waals surface area (Å²) in [7, 11) is 1.41. The number of ether oxygens (including phenoxy) is 3. The number of hydrogen-bond donors (Lipinski definition) is 2. The quantitative estimate of drug-likeness (QED) is 0.676. The number of aromatic nitrogens is 3. The van der Waals surface area contributed by atoms with E-state index < -0.39 is 18.5 Å². The Balaban J connectivity index is 2.57. The van der Waals surface area contributed by atoms with Crippen LogP contribution in [0.25, 0.3) is 11.3 Å². The minimum absolute atomic E-state index is 0.0443. The summed E-state index contributed by atoms with van der Waals surface area (Å²) in [6.45, 7) is 1.26. The summed E-state index contributed by atoms with van der Waals surface area (Å²) in [4.78, 5) is 22.8. The molecule has 0 aliphatic heterocycles. The van der Waals surface area contributed by atoms with E-state index >= 15 is 0 Å². The SMILES string of the molecule is CCOC(=O)c1n[nH]nc1-c1cc(Br)cc(OC)c1OCC(=O)O. The van der Waals surface area contributed by atoms with E-state index in [-0.39, 0.29) is 29.5 Å². The number of esters is 1. The van der Waals surface area contributed by atoms with Crippen molar-refractivity contribution in [3.8, 4) is 22.8 Å². The molecule has 0 spiro atoms. The van der Waals surface area contributed by atoms with Crippen molar-refractivity contribution in [1.29, 1.82) is 0 Å². The van der Waals surface area contributed by atoms with Gasteiger partial charge >= 0.3 is 11.9 Å². The molecule has 0 unspecified atom stereocenters. The van der Waals surface area contributed by atoms with Crippen LogP contribution in [-0.2, 0) is 9.53 Å². The van der Waals surface area contributed by atoms with E-state index in [9.17, 15) is 9.59 Å². The Morgan fingerprint density at radius 1 is 1.33 bits per heavy atom. The number of carbonyl (C=O) groups is 2. The Hall–Kier alpha value is -2.62. The molecule has 0 amide bonds. The number of carboxylic acids is 1. The number of halogens is 1. The van der Waals surface area contributed by atoms with E-state index in [4.69, 9.17) is 19.3 Å². The summed E-state index contributed by atoms with van der Waals surface area (Å²) in [6, 6.07) is 3.21. The molecule has 2 aromatic rings. The van der Waals surface area contributed by atoms with Crippen LogP contribution in [0.15, 0.2) is 16.6 Å². The van der Waals surface area contributed by atoms with Crippen LogP contribution < -0.4 is 9.47 Å². The molecular formula is C14H14BrN3O6. The first-order valence-electron chi connectivity index (χ1n) is 6.78. The van der Waals surface area contributed by atoms with Gasteiger partial charge in [0, 0.05) is 4.47 Å². The zero-order valence-electron chi connectivity index (χ0n) is 12.8. The maximum Gasteiger partial charge on any atom is 0.361 e. The molecule has 0 aliphatic rings. The van der Waals surface area contributed by atoms with Crippen LogP contribution in [-0.4, -0.2) is 52.8 Å².